The normalized spacial score (nSPS) is 19.8. The Balaban J connectivity index is 1.37. The van der Waals surface area contributed by atoms with Gasteiger partial charge in [-0.3, -0.25) is 14.2 Å². The summed E-state index contributed by atoms with van der Waals surface area (Å²) in [4.78, 5) is 33.2. The lowest BCUT2D eigenvalue weighted by Crippen LogP contribution is -2.48. The number of aromatic nitrogens is 4. The van der Waals surface area contributed by atoms with Crippen molar-refractivity contribution in [3.8, 4) is 17.1 Å². The maximum Gasteiger partial charge on any atom is 0.320 e. The highest BCUT2D eigenvalue weighted by Gasteiger charge is 2.30. The van der Waals surface area contributed by atoms with Gasteiger partial charge in [0.15, 0.2) is 0 Å². The number of ether oxygens (including phenoxy) is 1. The lowest BCUT2D eigenvalue weighted by Gasteiger charge is -2.37. The van der Waals surface area contributed by atoms with Crippen LogP contribution in [0, 0.1) is 5.92 Å². The largest absolute Gasteiger partial charge is 0.473 e. The lowest BCUT2D eigenvalue weighted by molar-refractivity contribution is -0.230. The first-order valence-corrected chi connectivity index (χ1v) is 12.8. The van der Waals surface area contributed by atoms with E-state index in [-0.39, 0.29) is 28.8 Å². The van der Waals surface area contributed by atoms with Crippen LogP contribution in [0.1, 0.15) is 40.7 Å². The van der Waals surface area contributed by atoms with E-state index in [4.69, 9.17) is 9.57 Å². The van der Waals surface area contributed by atoms with Crippen LogP contribution >= 0.6 is 0 Å². The second-order valence-electron chi connectivity index (χ2n) is 10.7. The summed E-state index contributed by atoms with van der Waals surface area (Å²) in [6, 6.07) is 5.50. The smallest absolute Gasteiger partial charge is 0.320 e. The van der Waals surface area contributed by atoms with Crippen LogP contribution in [0.2, 0.25) is 0 Å². The van der Waals surface area contributed by atoms with Crippen molar-refractivity contribution in [2.45, 2.75) is 52.4 Å². The number of piperazine rings is 1. The van der Waals surface area contributed by atoms with Gasteiger partial charge in [0.2, 0.25) is 11.8 Å². The molecule has 2 atom stereocenters. The molecular formula is C26H33F2N7O3. The molecule has 0 unspecified atom stereocenters. The van der Waals surface area contributed by atoms with E-state index >= 15 is 0 Å². The number of hydrogen-bond donors (Lipinski definition) is 1. The van der Waals surface area contributed by atoms with Gasteiger partial charge in [-0.15, -0.1) is 0 Å². The molecule has 0 aliphatic carbocycles. The Morgan fingerprint density at radius 1 is 1.13 bits per heavy atom. The highest BCUT2D eigenvalue weighted by molar-refractivity contribution is 5.84. The molecule has 204 valence electrons. The number of nitrogens with one attached hydrogen (secondary N) is 1. The van der Waals surface area contributed by atoms with Crippen molar-refractivity contribution in [3.63, 3.8) is 0 Å². The summed E-state index contributed by atoms with van der Waals surface area (Å²) < 4.78 is 34.3. The van der Waals surface area contributed by atoms with Crippen molar-refractivity contribution >= 4 is 22.8 Å². The quantitative estimate of drug-likeness (QED) is 0.496. The summed E-state index contributed by atoms with van der Waals surface area (Å²) >= 11 is 0. The van der Waals surface area contributed by atoms with E-state index in [0.717, 1.165) is 42.9 Å². The molecule has 10 nitrogen and oxygen atoms in total. The zero-order valence-electron chi connectivity index (χ0n) is 22.0. The van der Waals surface area contributed by atoms with E-state index in [9.17, 15) is 13.6 Å². The number of nitrogens with zero attached hydrogens (tertiary/aromatic N) is 6. The third-order valence-electron chi connectivity index (χ3n) is 6.71. The maximum absolute atomic E-state index is 13.7. The predicted octanol–water partition coefficient (Wildman–Crippen LogP) is 3.64. The van der Waals surface area contributed by atoms with Gasteiger partial charge in [0, 0.05) is 56.8 Å². The van der Waals surface area contributed by atoms with Crippen molar-refractivity contribution in [2.24, 2.45) is 5.92 Å². The van der Waals surface area contributed by atoms with Gasteiger partial charge in [-0.1, -0.05) is 0 Å². The van der Waals surface area contributed by atoms with Gasteiger partial charge in [0.1, 0.15) is 23.8 Å². The van der Waals surface area contributed by atoms with Crippen molar-refractivity contribution in [2.75, 3.05) is 37.6 Å². The number of hydrogen-bond acceptors (Lipinski definition) is 8. The van der Waals surface area contributed by atoms with Gasteiger partial charge in [-0.25, -0.2) is 15.0 Å². The first-order chi connectivity index (χ1) is 18.1. The fourth-order valence-electron chi connectivity index (χ4n) is 4.76. The van der Waals surface area contributed by atoms with Crippen LogP contribution in [-0.4, -0.2) is 74.9 Å². The molecule has 2 fully saturated rings. The van der Waals surface area contributed by atoms with Crippen LogP contribution in [0.3, 0.4) is 0 Å². The molecule has 3 aromatic heterocycles. The number of hydroxylamine groups is 2. The molecule has 1 N–H and O–H groups in total. The minimum Gasteiger partial charge on any atom is -0.473 e. The average Bonchev–Trinajstić information content (AvgIpc) is 3.50. The van der Waals surface area contributed by atoms with Crippen LogP contribution in [0.25, 0.3) is 22.3 Å². The number of carbonyl (C=O) groups is 1. The molecule has 38 heavy (non-hydrogen) atoms. The lowest BCUT2D eigenvalue weighted by atomic mass is 10.0. The molecule has 5 heterocycles. The number of anilines is 1. The second kappa shape index (κ2) is 10.4. The summed E-state index contributed by atoms with van der Waals surface area (Å²) in [5.41, 5.74) is 1.46. The maximum atomic E-state index is 13.7. The first kappa shape index (κ1) is 26.2. The number of fused-ring (bicyclic) bond motifs is 1. The highest BCUT2D eigenvalue weighted by atomic mass is 19.3. The van der Waals surface area contributed by atoms with Crippen molar-refractivity contribution in [1.82, 2.24) is 29.9 Å². The number of imidazole rings is 1. The summed E-state index contributed by atoms with van der Waals surface area (Å²) in [5, 5.41) is 4.77. The van der Waals surface area contributed by atoms with Gasteiger partial charge in [0.25, 0.3) is 0 Å². The molecule has 0 aromatic carbocycles. The van der Waals surface area contributed by atoms with E-state index < -0.39 is 12.7 Å². The van der Waals surface area contributed by atoms with E-state index in [0.29, 0.717) is 29.7 Å². The number of amides is 1. The fraction of sp³-hybridized carbons (Fsp3) is 0.538. The van der Waals surface area contributed by atoms with E-state index in [1.165, 1.54) is 0 Å². The van der Waals surface area contributed by atoms with Crippen LogP contribution in [-0.2, 0) is 9.63 Å². The third-order valence-corrected chi connectivity index (χ3v) is 6.71. The Kier molecular flexibility index (Phi) is 7.19. The Bertz CT molecular complexity index is 1280. The van der Waals surface area contributed by atoms with Gasteiger partial charge < -0.3 is 15.0 Å². The molecule has 0 bridgehead atoms. The zero-order chi connectivity index (χ0) is 27.0. The standard InChI is InChI=1S/C26H33F2N7O3/c1-16(18-11-22(36)30-14-18)37-24-23-20(31-15-35(23)25(27)28)12-19(32-24)17-5-6-21(29-13-17)33-7-9-34(10-8-33)38-26(2,3)4/h5-6,12-13,15-16,18,25H,7-11,14H2,1-4H3,(H,30,36)/t16-,18-/m1/s1. The monoisotopic (exact) mass is 529 g/mol. The molecule has 1 amide bonds. The topological polar surface area (TPSA) is 97.6 Å². The van der Waals surface area contributed by atoms with Crippen LogP contribution in [0.15, 0.2) is 30.7 Å². The fourth-order valence-corrected chi connectivity index (χ4v) is 4.76. The van der Waals surface area contributed by atoms with Crippen molar-refractivity contribution in [3.05, 3.63) is 30.7 Å². The summed E-state index contributed by atoms with van der Waals surface area (Å²) in [5.74, 6) is 0.766. The SMILES string of the molecule is C[C@@H](Oc1nc(-c2ccc(N3CCN(OC(C)(C)C)CC3)nc2)cc2ncn(C(F)F)c12)[C@H]1CNC(=O)C1. The zero-order valence-corrected chi connectivity index (χ0v) is 22.0. The van der Waals surface area contributed by atoms with E-state index in [2.05, 4.69) is 25.2 Å². The summed E-state index contributed by atoms with van der Waals surface area (Å²) in [7, 11) is 0. The highest BCUT2D eigenvalue weighted by Crippen LogP contribution is 2.33. The molecule has 0 spiro atoms. The molecule has 5 rings (SSSR count). The van der Waals surface area contributed by atoms with Crippen molar-refractivity contribution in [1.29, 1.82) is 0 Å². The molecule has 2 aliphatic heterocycles. The second-order valence-corrected chi connectivity index (χ2v) is 10.7. The molecule has 3 aromatic rings. The Labute approximate surface area is 219 Å². The number of carbonyl (C=O) groups excluding carboxylic acids is 1. The van der Waals surface area contributed by atoms with Crippen LogP contribution in [0.5, 0.6) is 5.88 Å². The molecule has 12 heteroatoms. The first-order valence-electron chi connectivity index (χ1n) is 12.8. The number of rotatable bonds is 7. The Hall–Kier alpha value is -3.38. The minimum absolute atomic E-state index is 0.0516. The predicted molar refractivity (Wildman–Crippen MR) is 138 cm³/mol. The summed E-state index contributed by atoms with van der Waals surface area (Å²) in [6.45, 7) is 8.70. The Morgan fingerprint density at radius 3 is 2.50 bits per heavy atom. The molecule has 0 saturated carbocycles. The van der Waals surface area contributed by atoms with Gasteiger partial charge >= 0.3 is 6.55 Å². The van der Waals surface area contributed by atoms with Crippen LogP contribution < -0.4 is 15.0 Å². The third kappa shape index (κ3) is 5.70. The van der Waals surface area contributed by atoms with Crippen molar-refractivity contribution < 1.29 is 23.1 Å². The Morgan fingerprint density at radius 2 is 1.89 bits per heavy atom. The van der Waals surface area contributed by atoms with E-state index in [1.807, 2.05) is 44.9 Å². The number of alkyl halides is 2. The van der Waals surface area contributed by atoms with Gasteiger partial charge in [-0.2, -0.15) is 13.8 Å². The number of halogens is 2. The van der Waals surface area contributed by atoms with Gasteiger partial charge in [-0.05, 0) is 45.9 Å². The van der Waals surface area contributed by atoms with E-state index in [1.54, 1.807) is 12.3 Å². The van der Waals surface area contributed by atoms with Crippen LogP contribution in [0.4, 0.5) is 14.6 Å². The minimum atomic E-state index is -2.80. The molecule has 2 saturated heterocycles. The van der Waals surface area contributed by atoms with Gasteiger partial charge in [0.05, 0.1) is 16.8 Å². The molecule has 2 aliphatic rings. The molecular weight excluding hydrogens is 496 g/mol. The average molecular weight is 530 g/mol. The molecule has 0 radical (unpaired) electrons. The summed E-state index contributed by atoms with van der Waals surface area (Å²) in [6.07, 6.45) is 2.71. The number of pyridine rings is 2.